The number of allylic oxidation sites excluding steroid dienone is 2. The monoisotopic (exact) mass is 226 g/mol. The molecule has 0 aliphatic carbocycles. The molecule has 0 unspecified atom stereocenters. The molecule has 0 saturated heterocycles. The van der Waals surface area contributed by atoms with Crippen LogP contribution in [0, 0.1) is 5.41 Å². The molecule has 0 rings (SSSR count). The number of carboxylic acids is 2. The number of hydrogen-bond donors (Lipinski definition) is 2. The Morgan fingerprint density at radius 2 is 1.69 bits per heavy atom. The third kappa shape index (κ3) is 8.99. The molecule has 0 bridgehead atoms. The van der Waals surface area contributed by atoms with E-state index < -0.39 is 11.9 Å². The van der Waals surface area contributed by atoms with Gasteiger partial charge in [-0.05, 0) is 24.7 Å². The van der Waals surface area contributed by atoms with E-state index in [4.69, 9.17) is 10.2 Å². The van der Waals surface area contributed by atoms with Crippen molar-refractivity contribution in [1.29, 1.82) is 0 Å². The molecule has 0 spiro atoms. The first-order valence-electron chi connectivity index (χ1n) is 5.15. The molecular weight excluding hydrogens is 208 g/mol. The van der Waals surface area contributed by atoms with Gasteiger partial charge in [0.05, 0.1) is 0 Å². The van der Waals surface area contributed by atoms with Crippen molar-refractivity contribution in [2.45, 2.75) is 33.1 Å². The molecule has 2 N–H and O–H groups in total. The molecule has 0 aliphatic heterocycles. The number of hydrogen-bond acceptors (Lipinski definition) is 2. The summed E-state index contributed by atoms with van der Waals surface area (Å²) in [6, 6.07) is 0. The number of aliphatic carboxylic acids is 2. The predicted molar refractivity (Wildman–Crippen MR) is 61.2 cm³/mol. The van der Waals surface area contributed by atoms with Crippen molar-refractivity contribution in [2.24, 2.45) is 5.41 Å². The summed E-state index contributed by atoms with van der Waals surface area (Å²) in [6.07, 6.45) is 7.89. The molecule has 0 fully saturated rings. The van der Waals surface area contributed by atoms with Gasteiger partial charge in [-0.2, -0.15) is 0 Å². The van der Waals surface area contributed by atoms with Crippen LogP contribution in [0.2, 0.25) is 0 Å². The van der Waals surface area contributed by atoms with Crippen LogP contribution in [-0.4, -0.2) is 22.2 Å². The van der Waals surface area contributed by atoms with Gasteiger partial charge in [0.25, 0.3) is 0 Å². The molecule has 0 aliphatic rings. The number of rotatable bonds is 7. The minimum Gasteiger partial charge on any atom is -0.478 e. The Morgan fingerprint density at radius 1 is 1.12 bits per heavy atom. The first-order valence-corrected chi connectivity index (χ1v) is 5.15. The summed E-state index contributed by atoms with van der Waals surface area (Å²) in [7, 11) is 0. The lowest BCUT2D eigenvalue weighted by Gasteiger charge is -2.18. The Kier molecular flexibility index (Phi) is 6.15. The van der Waals surface area contributed by atoms with E-state index in [2.05, 4.69) is 0 Å². The van der Waals surface area contributed by atoms with E-state index in [-0.39, 0.29) is 5.41 Å². The summed E-state index contributed by atoms with van der Waals surface area (Å²) < 4.78 is 0. The minimum atomic E-state index is -0.946. The third-order valence-electron chi connectivity index (χ3n) is 2.13. The first kappa shape index (κ1) is 14.4. The van der Waals surface area contributed by atoms with Gasteiger partial charge < -0.3 is 10.2 Å². The van der Waals surface area contributed by atoms with E-state index in [0.29, 0.717) is 6.42 Å². The molecule has 0 atom stereocenters. The van der Waals surface area contributed by atoms with Gasteiger partial charge in [0, 0.05) is 12.2 Å². The molecule has 4 heteroatoms. The van der Waals surface area contributed by atoms with Gasteiger partial charge in [-0.15, -0.1) is 0 Å². The van der Waals surface area contributed by atoms with Crippen molar-refractivity contribution in [2.75, 3.05) is 0 Å². The zero-order valence-electron chi connectivity index (χ0n) is 9.64. The lowest BCUT2D eigenvalue weighted by Crippen LogP contribution is -2.07. The van der Waals surface area contributed by atoms with Crippen molar-refractivity contribution >= 4 is 11.9 Å². The van der Waals surface area contributed by atoms with E-state index >= 15 is 0 Å². The number of unbranched alkanes of at least 4 members (excludes halogenated alkanes) is 1. The Labute approximate surface area is 95.3 Å². The third-order valence-corrected chi connectivity index (χ3v) is 2.13. The summed E-state index contributed by atoms with van der Waals surface area (Å²) in [5.74, 6) is -1.89. The van der Waals surface area contributed by atoms with Gasteiger partial charge in [-0.1, -0.05) is 26.0 Å². The van der Waals surface area contributed by atoms with Crippen LogP contribution in [0.25, 0.3) is 0 Å². The number of carboxylic acid groups (broad SMARTS) is 2. The average Bonchev–Trinajstić information content (AvgIpc) is 2.14. The Bertz CT molecular complexity index is 300. The molecule has 0 saturated carbocycles. The second-order valence-electron chi connectivity index (χ2n) is 4.29. The first-order chi connectivity index (χ1) is 7.33. The highest BCUT2D eigenvalue weighted by atomic mass is 16.4. The summed E-state index contributed by atoms with van der Waals surface area (Å²) in [4.78, 5) is 20.5. The van der Waals surface area contributed by atoms with Gasteiger partial charge in [0.2, 0.25) is 0 Å². The maximum absolute atomic E-state index is 10.3. The van der Waals surface area contributed by atoms with Gasteiger partial charge in [-0.3, -0.25) is 0 Å². The van der Waals surface area contributed by atoms with E-state index in [1.165, 1.54) is 0 Å². The summed E-state index contributed by atoms with van der Waals surface area (Å²) in [6.45, 7) is 3.90. The van der Waals surface area contributed by atoms with Crippen LogP contribution >= 0.6 is 0 Å². The SMILES string of the molecule is CC(C)(C=CC(=O)O)CCCC=CC(=O)O. The van der Waals surface area contributed by atoms with E-state index in [9.17, 15) is 9.59 Å². The Balaban J connectivity index is 3.91. The van der Waals surface area contributed by atoms with E-state index in [0.717, 1.165) is 25.0 Å². The van der Waals surface area contributed by atoms with Gasteiger partial charge in [0.1, 0.15) is 0 Å². The Morgan fingerprint density at radius 3 is 2.19 bits per heavy atom. The molecule has 4 nitrogen and oxygen atoms in total. The lowest BCUT2D eigenvalue weighted by atomic mass is 9.87. The van der Waals surface area contributed by atoms with Crippen molar-refractivity contribution < 1.29 is 19.8 Å². The van der Waals surface area contributed by atoms with Crippen molar-refractivity contribution in [3.63, 3.8) is 0 Å². The topological polar surface area (TPSA) is 74.6 Å². The van der Waals surface area contributed by atoms with Crippen molar-refractivity contribution in [3.8, 4) is 0 Å². The van der Waals surface area contributed by atoms with E-state index in [1.54, 1.807) is 12.2 Å². The standard InChI is InChI=1S/C12H18O4/c1-12(2,9-7-11(15)16)8-5-3-4-6-10(13)14/h4,6-7,9H,3,5,8H2,1-2H3,(H,13,14)(H,15,16). The van der Waals surface area contributed by atoms with Crippen LogP contribution in [0.1, 0.15) is 33.1 Å². The quantitative estimate of drug-likeness (QED) is 0.516. The van der Waals surface area contributed by atoms with Crippen LogP contribution in [0.4, 0.5) is 0 Å². The highest BCUT2D eigenvalue weighted by molar-refractivity contribution is 5.80. The van der Waals surface area contributed by atoms with Gasteiger partial charge >= 0.3 is 11.9 Å². The summed E-state index contributed by atoms with van der Waals surface area (Å²) in [5.41, 5.74) is -0.171. The second kappa shape index (κ2) is 6.82. The van der Waals surface area contributed by atoms with Crippen LogP contribution in [0.3, 0.4) is 0 Å². The smallest absolute Gasteiger partial charge is 0.327 e. The molecule has 16 heavy (non-hydrogen) atoms. The molecule has 0 amide bonds. The van der Waals surface area contributed by atoms with Gasteiger partial charge in [-0.25, -0.2) is 9.59 Å². The molecule has 90 valence electrons. The van der Waals surface area contributed by atoms with Crippen molar-refractivity contribution in [3.05, 3.63) is 24.3 Å². The van der Waals surface area contributed by atoms with Crippen molar-refractivity contribution in [1.82, 2.24) is 0 Å². The maximum atomic E-state index is 10.3. The molecule has 0 aromatic heterocycles. The molecule has 0 aromatic rings. The van der Waals surface area contributed by atoms with E-state index in [1.807, 2.05) is 13.8 Å². The highest BCUT2D eigenvalue weighted by Crippen LogP contribution is 2.24. The number of carbonyl (C=O) groups is 2. The molecular formula is C12H18O4. The fourth-order valence-corrected chi connectivity index (χ4v) is 1.24. The zero-order chi connectivity index (χ0) is 12.6. The molecule has 0 heterocycles. The average molecular weight is 226 g/mol. The van der Waals surface area contributed by atoms with Crippen LogP contribution in [-0.2, 0) is 9.59 Å². The minimum absolute atomic E-state index is 0.171. The van der Waals surface area contributed by atoms with Gasteiger partial charge in [0.15, 0.2) is 0 Å². The van der Waals surface area contributed by atoms with Crippen LogP contribution in [0.5, 0.6) is 0 Å². The maximum Gasteiger partial charge on any atom is 0.327 e. The highest BCUT2D eigenvalue weighted by Gasteiger charge is 2.13. The fraction of sp³-hybridized carbons (Fsp3) is 0.500. The molecule has 0 radical (unpaired) electrons. The summed E-state index contributed by atoms with van der Waals surface area (Å²) in [5, 5.41) is 16.8. The second-order valence-corrected chi connectivity index (χ2v) is 4.29. The Hall–Kier alpha value is -1.58. The normalized spacial score (nSPS) is 12.4. The van der Waals surface area contributed by atoms with Crippen LogP contribution < -0.4 is 0 Å². The zero-order valence-corrected chi connectivity index (χ0v) is 9.64. The summed E-state index contributed by atoms with van der Waals surface area (Å²) >= 11 is 0. The fourth-order valence-electron chi connectivity index (χ4n) is 1.24. The lowest BCUT2D eigenvalue weighted by molar-refractivity contribution is -0.132. The van der Waals surface area contributed by atoms with Crippen LogP contribution in [0.15, 0.2) is 24.3 Å². The largest absolute Gasteiger partial charge is 0.478 e. The molecule has 0 aromatic carbocycles. The predicted octanol–water partition coefficient (Wildman–Crippen LogP) is 2.46.